The molecule has 2 heterocycles. The molecule has 1 aliphatic rings. The molecule has 1 aromatic carbocycles. The number of carbonyl (C=O) groups is 2. The molecule has 1 N–H and O–H groups in total. The fourth-order valence-corrected chi connectivity index (χ4v) is 3.41. The maximum Gasteiger partial charge on any atom is 0.337 e. The minimum absolute atomic E-state index is 0.0141. The Morgan fingerprint density at radius 3 is 2.45 bits per heavy atom. The number of ether oxygens (including phenoxy) is 1. The smallest absolute Gasteiger partial charge is 0.337 e. The molecule has 1 atom stereocenters. The van der Waals surface area contributed by atoms with Gasteiger partial charge >= 0.3 is 5.97 Å². The SMILES string of the molecule is COC(=O)c1ccc(CNC(=O)C(C)N2CCN(Cc3ccccn3)CC2)cc1. The van der Waals surface area contributed by atoms with E-state index in [2.05, 4.69) is 20.1 Å². The van der Waals surface area contributed by atoms with Crippen molar-refractivity contribution in [2.24, 2.45) is 0 Å². The topological polar surface area (TPSA) is 74.8 Å². The highest BCUT2D eigenvalue weighted by atomic mass is 16.5. The number of aromatic nitrogens is 1. The van der Waals surface area contributed by atoms with Crippen LogP contribution in [-0.2, 0) is 22.6 Å². The minimum Gasteiger partial charge on any atom is -0.465 e. The number of nitrogens with one attached hydrogen (secondary N) is 1. The van der Waals surface area contributed by atoms with Crippen molar-refractivity contribution in [1.82, 2.24) is 20.1 Å². The molecule has 1 fully saturated rings. The van der Waals surface area contributed by atoms with E-state index in [9.17, 15) is 9.59 Å². The Balaban J connectivity index is 1.43. The average Bonchev–Trinajstić information content (AvgIpc) is 2.78. The maximum absolute atomic E-state index is 12.6. The third-order valence-electron chi connectivity index (χ3n) is 5.29. The first-order valence-corrected chi connectivity index (χ1v) is 9.88. The predicted octanol–water partition coefficient (Wildman–Crippen LogP) is 1.69. The molecule has 1 unspecified atom stereocenters. The lowest BCUT2D eigenvalue weighted by Gasteiger charge is -2.37. The summed E-state index contributed by atoms with van der Waals surface area (Å²) in [6, 6.07) is 12.9. The Kier molecular flexibility index (Phi) is 7.32. The summed E-state index contributed by atoms with van der Waals surface area (Å²) in [6.45, 7) is 6.78. The number of esters is 1. The van der Waals surface area contributed by atoms with Crippen LogP contribution in [0.4, 0.5) is 0 Å². The molecule has 0 radical (unpaired) electrons. The number of piperazine rings is 1. The summed E-state index contributed by atoms with van der Waals surface area (Å²) < 4.78 is 4.69. The normalized spacial score (nSPS) is 16.2. The van der Waals surface area contributed by atoms with Crippen LogP contribution in [0, 0.1) is 0 Å². The van der Waals surface area contributed by atoms with E-state index < -0.39 is 0 Å². The molecule has 3 rings (SSSR count). The summed E-state index contributed by atoms with van der Waals surface area (Å²) in [6.07, 6.45) is 1.82. The zero-order chi connectivity index (χ0) is 20.6. The van der Waals surface area contributed by atoms with Crippen molar-refractivity contribution in [2.75, 3.05) is 33.3 Å². The number of carbonyl (C=O) groups excluding carboxylic acids is 2. The van der Waals surface area contributed by atoms with Gasteiger partial charge in [0, 0.05) is 45.5 Å². The molecule has 7 nitrogen and oxygen atoms in total. The first kappa shape index (κ1) is 21.0. The number of hydrogen-bond acceptors (Lipinski definition) is 6. The summed E-state index contributed by atoms with van der Waals surface area (Å²) >= 11 is 0. The van der Waals surface area contributed by atoms with E-state index in [-0.39, 0.29) is 17.9 Å². The maximum atomic E-state index is 12.6. The molecule has 1 aromatic heterocycles. The Hall–Kier alpha value is -2.77. The van der Waals surface area contributed by atoms with Crippen LogP contribution >= 0.6 is 0 Å². The van der Waals surface area contributed by atoms with E-state index >= 15 is 0 Å². The molecule has 0 spiro atoms. The van der Waals surface area contributed by atoms with Crippen molar-refractivity contribution < 1.29 is 14.3 Å². The van der Waals surface area contributed by atoms with Crippen LogP contribution < -0.4 is 5.32 Å². The quantitative estimate of drug-likeness (QED) is 0.718. The molecular weight excluding hydrogens is 368 g/mol. The van der Waals surface area contributed by atoms with Gasteiger partial charge in [-0.05, 0) is 36.8 Å². The zero-order valence-electron chi connectivity index (χ0n) is 17.0. The Bertz CT molecular complexity index is 803. The van der Waals surface area contributed by atoms with Crippen LogP contribution in [0.15, 0.2) is 48.7 Å². The van der Waals surface area contributed by atoms with E-state index in [1.807, 2.05) is 43.5 Å². The second-order valence-electron chi connectivity index (χ2n) is 7.22. The lowest BCUT2D eigenvalue weighted by atomic mass is 10.1. The van der Waals surface area contributed by atoms with Crippen LogP contribution in [0.5, 0.6) is 0 Å². The summed E-state index contributed by atoms with van der Waals surface area (Å²) in [4.78, 5) is 33.0. The zero-order valence-corrected chi connectivity index (χ0v) is 17.0. The lowest BCUT2D eigenvalue weighted by molar-refractivity contribution is -0.126. The van der Waals surface area contributed by atoms with Gasteiger partial charge in [0.05, 0.1) is 24.4 Å². The Morgan fingerprint density at radius 1 is 1.10 bits per heavy atom. The Morgan fingerprint density at radius 2 is 1.83 bits per heavy atom. The van der Waals surface area contributed by atoms with E-state index in [1.54, 1.807) is 12.1 Å². The highest BCUT2D eigenvalue weighted by Gasteiger charge is 2.25. The van der Waals surface area contributed by atoms with Gasteiger partial charge < -0.3 is 10.1 Å². The van der Waals surface area contributed by atoms with Crippen LogP contribution in [0.1, 0.15) is 28.5 Å². The molecule has 0 bridgehead atoms. The van der Waals surface area contributed by atoms with Crippen LogP contribution in [0.3, 0.4) is 0 Å². The lowest BCUT2D eigenvalue weighted by Crippen LogP contribution is -2.53. The van der Waals surface area contributed by atoms with Gasteiger partial charge in [0.1, 0.15) is 0 Å². The number of hydrogen-bond donors (Lipinski definition) is 1. The molecule has 154 valence electrons. The monoisotopic (exact) mass is 396 g/mol. The van der Waals surface area contributed by atoms with Gasteiger partial charge in [0.2, 0.25) is 5.91 Å². The number of amides is 1. The van der Waals surface area contributed by atoms with Crippen molar-refractivity contribution in [3.8, 4) is 0 Å². The Labute approximate surface area is 171 Å². The number of rotatable bonds is 7. The summed E-state index contributed by atoms with van der Waals surface area (Å²) in [7, 11) is 1.36. The van der Waals surface area contributed by atoms with Gasteiger partial charge in [0.25, 0.3) is 0 Å². The second kappa shape index (κ2) is 10.1. The van der Waals surface area contributed by atoms with E-state index in [0.717, 1.165) is 44.0 Å². The van der Waals surface area contributed by atoms with Crippen molar-refractivity contribution in [3.05, 3.63) is 65.5 Å². The van der Waals surface area contributed by atoms with Crippen molar-refractivity contribution in [2.45, 2.75) is 26.1 Å². The first-order chi connectivity index (χ1) is 14.1. The third-order valence-corrected chi connectivity index (χ3v) is 5.29. The molecule has 1 aliphatic heterocycles. The highest BCUT2D eigenvalue weighted by molar-refractivity contribution is 5.89. The third kappa shape index (κ3) is 5.85. The van der Waals surface area contributed by atoms with E-state index in [1.165, 1.54) is 7.11 Å². The van der Waals surface area contributed by atoms with Crippen molar-refractivity contribution >= 4 is 11.9 Å². The number of benzene rings is 1. The van der Waals surface area contributed by atoms with Gasteiger partial charge in [-0.1, -0.05) is 18.2 Å². The fraction of sp³-hybridized carbons (Fsp3) is 0.409. The number of nitrogens with zero attached hydrogens (tertiary/aromatic N) is 3. The molecule has 0 saturated carbocycles. The summed E-state index contributed by atoms with van der Waals surface area (Å²) in [5.41, 5.74) is 2.52. The van der Waals surface area contributed by atoms with Gasteiger partial charge in [-0.3, -0.25) is 19.6 Å². The van der Waals surface area contributed by atoms with Crippen LogP contribution in [0.25, 0.3) is 0 Å². The standard InChI is InChI=1S/C22H28N4O3/c1-17(21(27)24-15-18-6-8-19(9-7-18)22(28)29-2)26-13-11-25(12-14-26)16-20-5-3-4-10-23-20/h3-10,17H,11-16H2,1-2H3,(H,24,27). The predicted molar refractivity (Wildman–Crippen MR) is 110 cm³/mol. The van der Waals surface area contributed by atoms with Crippen LogP contribution in [-0.4, -0.2) is 66.0 Å². The van der Waals surface area contributed by atoms with Gasteiger partial charge in [0.15, 0.2) is 0 Å². The molecule has 29 heavy (non-hydrogen) atoms. The molecule has 1 amide bonds. The van der Waals surface area contributed by atoms with E-state index in [0.29, 0.717) is 12.1 Å². The van der Waals surface area contributed by atoms with E-state index in [4.69, 9.17) is 4.74 Å². The molecule has 1 saturated heterocycles. The average molecular weight is 396 g/mol. The van der Waals surface area contributed by atoms with Gasteiger partial charge in [-0.2, -0.15) is 0 Å². The summed E-state index contributed by atoms with van der Waals surface area (Å²) in [5.74, 6) is -0.350. The number of methoxy groups -OCH3 is 1. The van der Waals surface area contributed by atoms with Crippen LogP contribution in [0.2, 0.25) is 0 Å². The second-order valence-corrected chi connectivity index (χ2v) is 7.22. The number of pyridine rings is 1. The highest BCUT2D eigenvalue weighted by Crippen LogP contribution is 2.10. The fourth-order valence-electron chi connectivity index (χ4n) is 3.41. The van der Waals surface area contributed by atoms with Gasteiger partial charge in [-0.25, -0.2) is 4.79 Å². The van der Waals surface area contributed by atoms with Crippen molar-refractivity contribution in [1.29, 1.82) is 0 Å². The largest absolute Gasteiger partial charge is 0.465 e. The minimum atomic E-state index is -0.364. The molecule has 0 aliphatic carbocycles. The molecular formula is C22H28N4O3. The van der Waals surface area contributed by atoms with Gasteiger partial charge in [-0.15, -0.1) is 0 Å². The van der Waals surface area contributed by atoms with Crippen molar-refractivity contribution in [3.63, 3.8) is 0 Å². The molecule has 7 heteroatoms. The summed E-state index contributed by atoms with van der Waals surface area (Å²) in [5, 5.41) is 2.99. The molecule has 2 aromatic rings. The first-order valence-electron chi connectivity index (χ1n) is 9.88.